The van der Waals surface area contributed by atoms with Gasteiger partial charge in [0.25, 0.3) is 0 Å². The van der Waals surface area contributed by atoms with E-state index in [0.717, 1.165) is 49.2 Å². The molecule has 1 aliphatic rings. The highest BCUT2D eigenvalue weighted by atomic mass is 19.1. The van der Waals surface area contributed by atoms with Crippen LogP contribution in [0.3, 0.4) is 0 Å². The van der Waals surface area contributed by atoms with Crippen LogP contribution in [0.1, 0.15) is 18.9 Å². The van der Waals surface area contributed by atoms with Gasteiger partial charge in [0.15, 0.2) is 0 Å². The molecule has 30 heavy (non-hydrogen) atoms. The van der Waals surface area contributed by atoms with Gasteiger partial charge in [-0.05, 0) is 50.2 Å². The lowest BCUT2D eigenvalue weighted by Gasteiger charge is -2.22. The van der Waals surface area contributed by atoms with Crippen LogP contribution in [-0.4, -0.2) is 32.8 Å². The minimum Gasteiger partial charge on any atom is -0.383 e. The molecule has 1 fully saturated rings. The van der Waals surface area contributed by atoms with Crippen molar-refractivity contribution < 1.29 is 8.78 Å². The molecule has 1 aromatic carbocycles. The highest BCUT2D eigenvalue weighted by molar-refractivity contribution is 5.88. The van der Waals surface area contributed by atoms with Crippen LogP contribution in [0.15, 0.2) is 49.1 Å². The number of aromatic nitrogens is 4. The van der Waals surface area contributed by atoms with Crippen molar-refractivity contribution in [2.24, 2.45) is 0 Å². The first-order valence-corrected chi connectivity index (χ1v) is 9.85. The van der Waals surface area contributed by atoms with Crippen LogP contribution in [0, 0.1) is 11.6 Å². The van der Waals surface area contributed by atoms with Crippen molar-refractivity contribution in [2.75, 3.05) is 18.8 Å². The molecular weight excluding hydrogens is 386 g/mol. The molecule has 0 bridgehead atoms. The van der Waals surface area contributed by atoms with Gasteiger partial charge in [-0.25, -0.2) is 13.8 Å². The van der Waals surface area contributed by atoms with Gasteiger partial charge in [0.1, 0.15) is 17.5 Å². The molecule has 1 aliphatic heterocycles. The Morgan fingerprint density at radius 1 is 0.933 bits per heavy atom. The molecule has 3 aromatic heterocycles. The van der Waals surface area contributed by atoms with E-state index in [-0.39, 0.29) is 16.6 Å². The smallest absolute Gasteiger partial charge is 0.132 e. The van der Waals surface area contributed by atoms with Gasteiger partial charge in [0.2, 0.25) is 0 Å². The fourth-order valence-electron chi connectivity index (χ4n) is 3.91. The van der Waals surface area contributed by atoms with Gasteiger partial charge in [-0.3, -0.25) is 9.67 Å². The third-order valence-corrected chi connectivity index (χ3v) is 5.61. The zero-order valence-electron chi connectivity index (χ0n) is 16.1. The fourth-order valence-corrected chi connectivity index (χ4v) is 3.91. The number of rotatable bonds is 3. The van der Waals surface area contributed by atoms with Crippen LogP contribution in [0.5, 0.6) is 0 Å². The Morgan fingerprint density at radius 2 is 1.70 bits per heavy atom. The van der Waals surface area contributed by atoms with E-state index in [0.29, 0.717) is 17.3 Å². The maximum absolute atomic E-state index is 14.2. The quantitative estimate of drug-likeness (QED) is 0.539. The van der Waals surface area contributed by atoms with E-state index < -0.39 is 11.6 Å². The number of benzene rings is 1. The maximum Gasteiger partial charge on any atom is 0.132 e. The third kappa shape index (κ3) is 3.29. The lowest BCUT2D eigenvalue weighted by molar-refractivity contribution is 0.343. The summed E-state index contributed by atoms with van der Waals surface area (Å²) in [6.45, 7) is 1.97. The van der Waals surface area contributed by atoms with Crippen molar-refractivity contribution in [2.45, 2.75) is 18.9 Å². The number of halogens is 2. The van der Waals surface area contributed by atoms with E-state index in [4.69, 9.17) is 5.73 Å². The van der Waals surface area contributed by atoms with Crippen molar-refractivity contribution in [3.8, 4) is 22.4 Å². The maximum atomic E-state index is 14.2. The topological polar surface area (TPSA) is 81.6 Å². The Balaban J connectivity index is 1.54. The summed E-state index contributed by atoms with van der Waals surface area (Å²) in [5, 5.41) is 8.16. The van der Waals surface area contributed by atoms with Crippen molar-refractivity contribution in [1.82, 2.24) is 25.1 Å². The number of hydrogen-bond acceptors (Lipinski definition) is 5. The van der Waals surface area contributed by atoms with Crippen molar-refractivity contribution in [3.05, 3.63) is 60.7 Å². The van der Waals surface area contributed by atoms with Gasteiger partial charge in [0.05, 0.1) is 17.9 Å². The van der Waals surface area contributed by atoms with E-state index in [9.17, 15) is 8.78 Å². The van der Waals surface area contributed by atoms with Crippen molar-refractivity contribution >= 4 is 16.6 Å². The van der Waals surface area contributed by atoms with Crippen molar-refractivity contribution in [1.29, 1.82) is 0 Å². The van der Waals surface area contributed by atoms with Crippen molar-refractivity contribution in [3.63, 3.8) is 0 Å². The average molecular weight is 406 g/mol. The van der Waals surface area contributed by atoms with E-state index in [2.05, 4.69) is 20.4 Å². The van der Waals surface area contributed by atoms with Gasteiger partial charge in [-0.2, -0.15) is 5.10 Å². The van der Waals surface area contributed by atoms with Crippen LogP contribution >= 0.6 is 0 Å². The van der Waals surface area contributed by atoms with Crippen LogP contribution in [0.2, 0.25) is 0 Å². The largest absolute Gasteiger partial charge is 0.383 e. The van der Waals surface area contributed by atoms with E-state index >= 15 is 0 Å². The molecule has 4 aromatic rings. The predicted molar refractivity (Wildman–Crippen MR) is 112 cm³/mol. The minimum atomic E-state index is -0.518. The standard InChI is InChI=1S/C22H20F2N6/c23-19-1-2-20(24)18-11-27-21(8-16(18)19)17-7-13(9-28-22(17)25)14-10-29-30(12-14)15-3-5-26-6-4-15/h1-2,7-12,15,26H,3-6H2,(H2,25,28). The number of piperidine rings is 1. The van der Waals surface area contributed by atoms with Gasteiger partial charge >= 0.3 is 0 Å². The molecule has 0 unspecified atom stereocenters. The molecule has 1 saturated heterocycles. The molecule has 3 N–H and O–H groups in total. The van der Waals surface area contributed by atoms with Crippen LogP contribution in [0.25, 0.3) is 33.2 Å². The third-order valence-electron chi connectivity index (χ3n) is 5.61. The summed E-state index contributed by atoms with van der Waals surface area (Å²) in [5.41, 5.74) is 8.84. The van der Waals surface area contributed by atoms with E-state index in [1.807, 2.05) is 23.1 Å². The number of nitrogens with two attached hydrogens (primary N) is 1. The molecule has 5 rings (SSSR count). The molecule has 0 spiro atoms. The van der Waals surface area contributed by atoms with E-state index in [1.54, 1.807) is 6.20 Å². The summed E-state index contributed by atoms with van der Waals surface area (Å²) in [5.74, 6) is -0.759. The zero-order valence-corrected chi connectivity index (χ0v) is 16.1. The highest BCUT2D eigenvalue weighted by Crippen LogP contribution is 2.32. The summed E-state index contributed by atoms with van der Waals surface area (Å²) in [7, 11) is 0. The number of fused-ring (bicyclic) bond motifs is 1. The first kappa shape index (κ1) is 18.6. The molecule has 8 heteroatoms. The number of anilines is 1. The first-order valence-electron chi connectivity index (χ1n) is 9.85. The van der Waals surface area contributed by atoms with E-state index in [1.165, 1.54) is 12.3 Å². The summed E-state index contributed by atoms with van der Waals surface area (Å²) < 4.78 is 30.2. The molecule has 0 aliphatic carbocycles. The second-order valence-electron chi connectivity index (χ2n) is 7.49. The molecule has 152 valence electrons. The van der Waals surface area contributed by atoms with Crippen LogP contribution < -0.4 is 11.1 Å². The molecule has 6 nitrogen and oxygen atoms in total. The van der Waals surface area contributed by atoms with Crippen LogP contribution in [0.4, 0.5) is 14.6 Å². The predicted octanol–water partition coefficient (Wildman–Crippen LogP) is 3.95. The lowest BCUT2D eigenvalue weighted by atomic mass is 10.0. The SMILES string of the molecule is Nc1ncc(-c2cnn(C3CCNCC3)c2)cc1-c1cc2c(F)ccc(F)c2cn1. The Kier molecular flexibility index (Phi) is 4.63. The lowest BCUT2D eigenvalue weighted by Crippen LogP contribution is -2.29. The molecule has 4 heterocycles. The molecular formula is C22H20F2N6. The number of nitrogens with zero attached hydrogens (tertiary/aromatic N) is 4. The summed E-state index contributed by atoms with van der Waals surface area (Å²) in [6.07, 6.45) is 8.90. The summed E-state index contributed by atoms with van der Waals surface area (Å²) >= 11 is 0. The van der Waals surface area contributed by atoms with Gasteiger partial charge in [0, 0.05) is 46.1 Å². The van der Waals surface area contributed by atoms with Gasteiger partial charge in [-0.1, -0.05) is 0 Å². The number of nitrogen functional groups attached to an aromatic ring is 1. The summed E-state index contributed by atoms with van der Waals surface area (Å²) in [6, 6.07) is 5.94. The second kappa shape index (κ2) is 7.46. The molecule has 0 radical (unpaired) electrons. The zero-order chi connectivity index (χ0) is 20.7. The number of pyridine rings is 2. The molecule has 0 amide bonds. The fraction of sp³-hybridized carbons (Fsp3) is 0.227. The minimum absolute atomic E-state index is 0.129. The number of hydrogen-bond donors (Lipinski definition) is 2. The normalized spacial score (nSPS) is 15.0. The molecule has 0 saturated carbocycles. The average Bonchev–Trinajstić information content (AvgIpc) is 3.27. The Morgan fingerprint density at radius 3 is 2.50 bits per heavy atom. The number of nitrogens with one attached hydrogen (secondary N) is 1. The van der Waals surface area contributed by atoms with Gasteiger partial charge in [-0.15, -0.1) is 0 Å². The van der Waals surface area contributed by atoms with Gasteiger partial charge < -0.3 is 11.1 Å². The summed E-state index contributed by atoms with van der Waals surface area (Å²) in [4.78, 5) is 8.60. The Bertz CT molecular complexity index is 1230. The highest BCUT2D eigenvalue weighted by Gasteiger charge is 2.17. The second-order valence-corrected chi connectivity index (χ2v) is 7.49. The Labute approximate surface area is 171 Å². The Hall–Kier alpha value is -3.39. The first-order chi connectivity index (χ1) is 14.6. The molecule has 0 atom stereocenters. The van der Waals surface area contributed by atoms with Crippen LogP contribution in [-0.2, 0) is 0 Å². The monoisotopic (exact) mass is 406 g/mol.